The van der Waals surface area contributed by atoms with E-state index in [1.54, 1.807) is 21.5 Å². The molecule has 3 aromatic heterocycles. The summed E-state index contributed by atoms with van der Waals surface area (Å²) < 4.78 is 4.43. The Balaban J connectivity index is 2.33. The smallest absolute Gasteiger partial charge is 0.171 e. The maximum atomic E-state index is 6.24. The molecule has 3 rings (SSSR count). The van der Waals surface area contributed by atoms with Crippen molar-refractivity contribution in [2.45, 2.75) is 6.92 Å². The van der Waals surface area contributed by atoms with Gasteiger partial charge in [0.15, 0.2) is 5.65 Å². The zero-order chi connectivity index (χ0) is 12.9. The van der Waals surface area contributed by atoms with Crippen LogP contribution in [0.1, 0.15) is 5.69 Å². The standard InChI is InChI=1S/C11H9ClIN5/c1-6-10(13)11-15-7(5-9(12)18(11)16-6)8-3-4-14-17(8)2/h3-5H,1-2H3. The van der Waals surface area contributed by atoms with Gasteiger partial charge in [-0.05, 0) is 35.6 Å². The van der Waals surface area contributed by atoms with Crippen LogP contribution in [0.25, 0.3) is 17.0 Å². The molecule has 0 fully saturated rings. The van der Waals surface area contributed by atoms with E-state index in [0.717, 1.165) is 26.3 Å². The van der Waals surface area contributed by atoms with E-state index in [0.29, 0.717) is 5.15 Å². The lowest BCUT2D eigenvalue weighted by atomic mass is 10.3. The molecule has 3 aromatic rings. The number of halogens is 2. The maximum Gasteiger partial charge on any atom is 0.171 e. The highest BCUT2D eigenvalue weighted by Gasteiger charge is 2.14. The van der Waals surface area contributed by atoms with E-state index < -0.39 is 0 Å². The van der Waals surface area contributed by atoms with Crippen LogP contribution in [0.4, 0.5) is 0 Å². The molecule has 0 unspecified atom stereocenters. The fourth-order valence-corrected chi connectivity index (χ4v) is 2.50. The van der Waals surface area contributed by atoms with Crippen LogP contribution in [-0.4, -0.2) is 24.4 Å². The molecular formula is C11H9ClIN5. The minimum absolute atomic E-state index is 0.544. The largest absolute Gasteiger partial charge is 0.266 e. The number of rotatable bonds is 1. The van der Waals surface area contributed by atoms with Gasteiger partial charge in [-0.2, -0.15) is 10.2 Å². The van der Waals surface area contributed by atoms with Gasteiger partial charge in [-0.15, -0.1) is 0 Å². The molecule has 0 N–H and O–H groups in total. The minimum atomic E-state index is 0.544. The van der Waals surface area contributed by atoms with Gasteiger partial charge < -0.3 is 0 Å². The summed E-state index contributed by atoms with van der Waals surface area (Å²) in [5, 5.41) is 9.03. The minimum Gasteiger partial charge on any atom is -0.266 e. The zero-order valence-electron chi connectivity index (χ0n) is 9.72. The fraction of sp³-hybridized carbons (Fsp3) is 0.182. The molecule has 0 aromatic carbocycles. The van der Waals surface area contributed by atoms with Gasteiger partial charge in [-0.3, -0.25) is 4.68 Å². The van der Waals surface area contributed by atoms with Crippen molar-refractivity contribution in [2.75, 3.05) is 0 Å². The van der Waals surface area contributed by atoms with Crippen molar-refractivity contribution in [3.63, 3.8) is 0 Å². The first-order valence-corrected chi connectivity index (χ1v) is 6.73. The summed E-state index contributed by atoms with van der Waals surface area (Å²) in [7, 11) is 1.88. The summed E-state index contributed by atoms with van der Waals surface area (Å²) in [4.78, 5) is 4.61. The van der Waals surface area contributed by atoms with Gasteiger partial charge in [0.2, 0.25) is 0 Å². The number of hydrogen-bond donors (Lipinski definition) is 0. The molecule has 0 aliphatic carbocycles. The third-order valence-corrected chi connectivity index (χ3v) is 4.26. The Morgan fingerprint density at radius 2 is 2.17 bits per heavy atom. The van der Waals surface area contributed by atoms with E-state index in [-0.39, 0.29) is 0 Å². The number of fused-ring (bicyclic) bond motifs is 1. The quantitative estimate of drug-likeness (QED) is 0.487. The van der Waals surface area contributed by atoms with Crippen molar-refractivity contribution in [3.8, 4) is 11.4 Å². The molecule has 7 heteroatoms. The van der Waals surface area contributed by atoms with Gasteiger partial charge in [0.05, 0.1) is 20.7 Å². The Labute approximate surface area is 122 Å². The van der Waals surface area contributed by atoms with Crippen molar-refractivity contribution in [2.24, 2.45) is 7.05 Å². The number of nitrogens with zero attached hydrogens (tertiary/aromatic N) is 5. The molecule has 0 aliphatic rings. The lowest BCUT2D eigenvalue weighted by Crippen LogP contribution is -1.99. The highest BCUT2D eigenvalue weighted by molar-refractivity contribution is 14.1. The Morgan fingerprint density at radius 1 is 1.39 bits per heavy atom. The predicted octanol–water partition coefficient (Wildman–Crippen LogP) is 2.70. The molecule has 18 heavy (non-hydrogen) atoms. The monoisotopic (exact) mass is 373 g/mol. The zero-order valence-corrected chi connectivity index (χ0v) is 12.6. The Hall–Kier alpha value is -1.15. The van der Waals surface area contributed by atoms with Crippen LogP contribution in [-0.2, 0) is 7.05 Å². The lowest BCUT2D eigenvalue weighted by Gasteiger charge is -2.04. The summed E-state index contributed by atoms with van der Waals surface area (Å²) in [6.07, 6.45) is 1.74. The highest BCUT2D eigenvalue weighted by atomic mass is 127. The molecule has 0 saturated carbocycles. The molecule has 0 aliphatic heterocycles. The van der Waals surface area contributed by atoms with E-state index in [9.17, 15) is 0 Å². The molecule has 0 saturated heterocycles. The van der Waals surface area contributed by atoms with Gasteiger partial charge in [-0.1, -0.05) is 11.6 Å². The second-order valence-corrected chi connectivity index (χ2v) is 5.40. The molecule has 0 spiro atoms. The average Bonchev–Trinajstić information content (AvgIpc) is 2.87. The van der Waals surface area contributed by atoms with Crippen LogP contribution in [0, 0.1) is 10.5 Å². The predicted molar refractivity (Wildman–Crippen MR) is 77.7 cm³/mol. The molecule has 0 atom stereocenters. The Kier molecular flexibility index (Phi) is 2.78. The highest BCUT2D eigenvalue weighted by Crippen LogP contribution is 2.25. The molecule has 3 heterocycles. The Morgan fingerprint density at radius 3 is 2.83 bits per heavy atom. The summed E-state index contributed by atoms with van der Waals surface area (Å²) in [6.45, 7) is 1.94. The number of hydrogen-bond acceptors (Lipinski definition) is 3. The lowest BCUT2D eigenvalue weighted by molar-refractivity contribution is 0.772. The van der Waals surface area contributed by atoms with Crippen LogP contribution < -0.4 is 0 Å². The molecular weight excluding hydrogens is 365 g/mol. The summed E-state index contributed by atoms with van der Waals surface area (Å²) in [6, 6.07) is 3.71. The van der Waals surface area contributed by atoms with Crippen LogP contribution >= 0.6 is 34.2 Å². The maximum absolute atomic E-state index is 6.24. The third kappa shape index (κ3) is 1.71. The van der Waals surface area contributed by atoms with Gasteiger partial charge in [0.25, 0.3) is 0 Å². The van der Waals surface area contributed by atoms with Crippen LogP contribution in [0.5, 0.6) is 0 Å². The topological polar surface area (TPSA) is 48.0 Å². The van der Waals surface area contributed by atoms with Gasteiger partial charge in [-0.25, -0.2) is 9.50 Å². The van der Waals surface area contributed by atoms with E-state index in [4.69, 9.17) is 11.6 Å². The van der Waals surface area contributed by atoms with Crippen molar-refractivity contribution in [1.29, 1.82) is 0 Å². The molecule has 0 amide bonds. The number of aromatic nitrogens is 5. The molecule has 5 nitrogen and oxygen atoms in total. The second-order valence-electron chi connectivity index (χ2n) is 3.94. The number of aryl methyl sites for hydroxylation is 2. The van der Waals surface area contributed by atoms with Gasteiger partial charge in [0, 0.05) is 19.3 Å². The summed E-state index contributed by atoms with van der Waals surface area (Å²) >= 11 is 8.48. The first-order chi connectivity index (χ1) is 8.58. The average molecular weight is 374 g/mol. The summed E-state index contributed by atoms with van der Waals surface area (Å²) in [5.41, 5.74) is 3.42. The van der Waals surface area contributed by atoms with Crippen molar-refractivity contribution in [3.05, 3.63) is 32.7 Å². The van der Waals surface area contributed by atoms with Crippen molar-refractivity contribution in [1.82, 2.24) is 24.4 Å². The molecule has 92 valence electrons. The van der Waals surface area contributed by atoms with Crippen molar-refractivity contribution < 1.29 is 0 Å². The van der Waals surface area contributed by atoms with E-state index in [2.05, 4.69) is 37.8 Å². The van der Waals surface area contributed by atoms with Crippen LogP contribution in [0.2, 0.25) is 5.15 Å². The SMILES string of the molecule is Cc1nn2c(Cl)cc(-c3ccnn3C)nc2c1I. The van der Waals surface area contributed by atoms with Crippen LogP contribution in [0.3, 0.4) is 0 Å². The Bertz CT molecular complexity index is 745. The van der Waals surface area contributed by atoms with E-state index in [1.165, 1.54) is 0 Å². The van der Waals surface area contributed by atoms with E-state index >= 15 is 0 Å². The summed E-state index contributed by atoms with van der Waals surface area (Å²) in [5.74, 6) is 0. The van der Waals surface area contributed by atoms with Crippen LogP contribution in [0.15, 0.2) is 18.3 Å². The second kappa shape index (κ2) is 4.20. The van der Waals surface area contributed by atoms with Gasteiger partial charge >= 0.3 is 0 Å². The van der Waals surface area contributed by atoms with Gasteiger partial charge in [0.1, 0.15) is 5.15 Å². The molecule has 0 bridgehead atoms. The van der Waals surface area contributed by atoms with Crippen molar-refractivity contribution >= 4 is 39.8 Å². The first-order valence-electron chi connectivity index (χ1n) is 5.27. The van der Waals surface area contributed by atoms with E-state index in [1.807, 2.05) is 20.0 Å². The fourth-order valence-electron chi connectivity index (χ4n) is 1.82. The third-order valence-electron chi connectivity index (χ3n) is 2.73. The molecule has 0 radical (unpaired) electrons. The first kappa shape index (κ1) is 11.9. The normalized spacial score (nSPS) is 11.3.